The van der Waals surface area contributed by atoms with Crippen molar-refractivity contribution < 1.29 is 0 Å². The van der Waals surface area contributed by atoms with E-state index in [1.807, 2.05) is 12.1 Å². The highest BCUT2D eigenvalue weighted by atomic mass is 15.1. The van der Waals surface area contributed by atoms with E-state index in [0.29, 0.717) is 0 Å². The summed E-state index contributed by atoms with van der Waals surface area (Å²) in [7, 11) is 0. The Balaban J connectivity index is 1.86. The number of hydrogen-bond acceptors (Lipinski definition) is 2. The van der Waals surface area contributed by atoms with Crippen molar-refractivity contribution >= 4 is 5.69 Å². The summed E-state index contributed by atoms with van der Waals surface area (Å²) in [6.07, 6.45) is 4.64. The Hall–Kier alpha value is -1.28. The lowest BCUT2D eigenvalue weighted by molar-refractivity contribution is 0.294. The van der Waals surface area contributed by atoms with Gasteiger partial charge in [-0.3, -0.25) is 4.90 Å². The van der Waals surface area contributed by atoms with E-state index < -0.39 is 0 Å². The van der Waals surface area contributed by atoms with Crippen molar-refractivity contribution in [2.24, 2.45) is 0 Å². The molecule has 1 aliphatic heterocycles. The molecule has 0 saturated heterocycles. The molecule has 1 aromatic carbocycles. The smallest absolute Gasteiger partial charge is 0.0316 e. The van der Waals surface area contributed by atoms with Crippen molar-refractivity contribution in [1.82, 2.24) is 4.90 Å². The zero-order chi connectivity index (χ0) is 11.4. The molecule has 16 heavy (non-hydrogen) atoms. The van der Waals surface area contributed by atoms with E-state index in [4.69, 9.17) is 5.73 Å². The maximum Gasteiger partial charge on any atom is 0.0316 e. The van der Waals surface area contributed by atoms with Crippen LogP contribution in [0.2, 0.25) is 0 Å². The molecule has 1 aromatic rings. The van der Waals surface area contributed by atoms with E-state index in [1.54, 1.807) is 0 Å². The van der Waals surface area contributed by atoms with Crippen LogP contribution in [-0.4, -0.2) is 24.5 Å². The minimum absolute atomic E-state index is 0.868. The van der Waals surface area contributed by atoms with Gasteiger partial charge in [-0.05, 0) is 37.5 Å². The van der Waals surface area contributed by atoms with Gasteiger partial charge < -0.3 is 5.73 Å². The molecule has 2 nitrogen and oxygen atoms in total. The fraction of sp³-hybridized carbons (Fsp3) is 0.429. The van der Waals surface area contributed by atoms with Crippen LogP contribution in [0.4, 0.5) is 5.69 Å². The average Bonchev–Trinajstić information content (AvgIpc) is 2.27. The van der Waals surface area contributed by atoms with Gasteiger partial charge in [0, 0.05) is 25.3 Å². The molecule has 2 N–H and O–H groups in total. The molecule has 0 bridgehead atoms. The van der Waals surface area contributed by atoms with Gasteiger partial charge in [-0.1, -0.05) is 23.8 Å². The van der Waals surface area contributed by atoms with Crippen LogP contribution in [0.1, 0.15) is 18.9 Å². The third-order valence-corrected chi connectivity index (χ3v) is 3.08. The molecule has 0 aliphatic carbocycles. The molecule has 0 unspecified atom stereocenters. The van der Waals surface area contributed by atoms with E-state index >= 15 is 0 Å². The first-order valence-electron chi connectivity index (χ1n) is 5.96. The Kier molecular flexibility index (Phi) is 3.62. The number of hydrogen-bond donors (Lipinski definition) is 1. The molecular weight excluding hydrogens is 196 g/mol. The highest BCUT2D eigenvalue weighted by Crippen LogP contribution is 2.11. The Labute approximate surface area is 97.8 Å². The Morgan fingerprint density at radius 3 is 3.00 bits per heavy atom. The zero-order valence-corrected chi connectivity index (χ0v) is 9.95. The van der Waals surface area contributed by atoms with Gasteiger partial charge in [-0.15, -0.1) is 0 Å². The van der Waals surface area contributed by atoms with Crippen molar-refractivity contribution in [2.45, 2.75) is 19.8 Å². The largest absolute Gasteiger partial charge is 0.399 e. The van der Waals surface area contributed by atoms with Crippen LogP contribution in [-0.2, 0) is 6.42 Å². The van der Waals surface area contributed by atoms with Crippen LogP contribution in [0, 0.1) is 0 Å². The van der Waals surface area contributed by atoms with Crippen LogP contribution in [0.25, 0.3) is 0 Å². The van der Waals surface area contributed by atoms with Gasteiger partial charge in [0.15, 0.2) is 0 Å². The second-order valence-electron chi connectivity index (χ2n) is 4.61. The Morgan fingerprint density at radius 1 is 1.38 bits per heavy atom. The van der Waals surface area contributed by atoms with Gasteiger partial charge in [0.1, 0.15) is 0 Å². The fourth-order valence-electron chi connectivity index (χ4n) is 2.22. The molecule has 1 aliphatic rings. The van der Waals surface area contributed by atoms with Gasteiger partial charge in [-0.25, -0.2) is 0 Å². The van der Waals surface area contributed by atoms with Gasteiger partial charge in [0.25, 0.3) is 0 Å². The van der Waals surface area contributed by atoms with Crippen molar-refractivity contribution in [1.29, 1.82) is 0 Å². The molecule has 0 aromatic heterocycles. The molecule has 2 heteroatoms. The predicted octanol–water partition coefficient (Wildman–Crippen LogP) is 2.46. The standard InChI is InChI=1S/C14H20N2/c1-12-4-3-8-16(11-12)9-7-13-5-2-6-14(15)10-13/h2,4-6,10H,3,7-9,11,15H2,1H3. The van der Waals surface area contributed by atoms with Crippen LogP contribution in [0.15, 0.2) is 35.9 Å². The summed E-state index contributed by atoms with van der Waals surface area (Å²) < 4.78 is 0. The molecule has 0 amide bonds. The summed E-state index contributed by atoms with van der Waals surface area (Å²) in [5, 5.41) is 0. The van der Waals surface area contributed by atoms with Crippen molar-refractivity contribution in [3.63, 3.8) is 0 Å². The van der Waals surface area contributed by atoms with E-state index in [9.17, 15) is 0 Å². The van der Waals surface area contributed by atoms with Crippen LogP contribution in [0.3, 0.4) is 0 Å². The number of rotatable bonds is 3. The average molecular weight is 216 g/mol. The summed E-state index contributed by atoms with van der Waals surface area (Å²) in [6, 6.07) is 8.21. The number of nitrogen functional groups attached to an aromatic ring is 1. The van der Waals surface area contributed by atoms with Gasteiger partial charge >= 0.3 is 0 Å². The summed E-state index contributed by atoms with van der Waals surface area (Å²) in [5.41, 5.74) is 9.47. The number of nitrogens with zero attached hydrogens (tertiary/aromatic N) is 1. The van der Waals surface area contributed by atoms with Crippen LogP contribution >= 0.6 is 0 Å². The summed E-state index contributed by atoms with van der Waals surface area (Å²) in [5.74, 6) is 0. The molecule has 0 fully saturated rings. The second-order valence-corrected chi connectivity index (χ2v) is 4.61. The minimum Gasteiger partial charge on any atom is -0.399 e. The maximum atomic E-state index is 5.77. The number of benzene rings is 1. The first kappa shape index (κ1) is 11.2. The second kappa shape index (κ2) is 5.17. The zero-order valence-electron chi connectivity index (χ0n) is 9.95. The van der Waals surface area contributed by atoms with Crippen LogP contribution < -0.4 is 5.73 Å². The number of anilines is 1. The monoisotopic (exact) mass is 216 g/mol. The van der Waals surface area contributed by atoms with Gasteiger partial charge in [0.05, 0.1) is 0 Å². The molecule has 86 valence electrons. The first-order valence-corrected chi connectivity index (χ1v) is 5.96. The topological polar surface area (TPSA) is 29.3 Å². The summed E-state index contributed by atoms with van der Waals surface area (Å²) >= 11 is 0. The third kappa shape index (κ3) is 3.11. The van der Waals surface area contributed by atoms with Gasteiger partial charge in [-0.2, -0.15) is 0 Å². The lowest BCUT2D eigenvalue weighted by Crippen LogP contribution is -2.31. The Bertz CT molecular complexity index is 382. The lowest BCUT2D eigenvalue weighted by Gasteiger charge is -2.25. The molecule has 1 heterocycles. The fourth-order valence-corrected chi connectivity index (χ4v) is 2.22. The molecule has 0 saturated carbocycles. The third-order valence-electron chi connectivity index (χ3n) is 3.08. The van der Waals surface area contributed by atoms with E-state index in [1.165, 1.54) is 24.1 Å². The van der Waals surface area contributed by atoms with Crippen LogP contribution in [0.5, 0.6) is 0 Å². The summed E-state index contributed by atoms with van der Waals surface area (Å²) in [6.45, 7) is 5.67. The summed E-state index contributed by atoms with van der Waals surface area (Å²) in [4.78, 5) is 2.51. The van der Waals surface area contributed by atoms with Crippen molar-refractivity contribution in [3.8, 4) is 0 Å². The van der Waals surface area contributed by atoms with E-state index in [-0.39, 0.29) is 0 Å². The maximum absolute atomic E-state index is 5.77. The van der Waals surface area contributed by atoms with Crippen molar-refractivity contribution in [2.75, 3.05) is 25.4 Å². The van der Waals surface area contributed by atoms with Crippen molar-refractivity contribution in [3.05, 3.63) is 41.5 Å². The molecule has 0 radical (unpaired) electrons. The SMILES string of the molecule is CC1=CCCN(CCc2cccc(N)c2)C1. The molecule has 0 spiro atoms. The minimum atomic E-state index is 0.868. The first-order chi connectivity index (χ1) is 7.74. The molecular formula is C14H20N2. The number of nitrogens with two attached hydrogens (primary N) is 1. The highest BCUT2D eigenvalue weighted by Gasteiger charge is 2.09. The molecule has 0 atom stereocenters. The van der Waals surface area contributed by atoms with Gasteiger partial charge in [0.2, 0.25) is 0 Å². The normalized spacial score (nSPS) is 17.2. The molecule has 2 rings (SSSR count). The predicted molar refractivity (Wildman–Crippen MR) is 69.4 cm³/mol. The quantitative estimate of drug-likeness (QED) is 0.621. The highest BCUT2D eigenvalue weighted by molar-refractivity contribution is 5.40. The van der Waals surface area contributed by atoms with E-state index in [2.05, 4.69) is 30.0 Å². The lowest BCUT2D eigenvalue weighted by atomic mass is 10.1. The Morgan fingerprint density at radius 2 is 2.25 bits per heavy atom. The van der Waals surface area contributed by atoms with E-state index in [0.717, 1.165) is 25.2 Å².